The molecule has 19 heavy (non-hydrogen) atoms. The van der Waals surface area contributed by atoms with Crippen LogP contribution in [0.3, 0.4) is 0 Å². The summed E-state index contributed by atoms with van der Waals surface area (Å²) in [6, 6.07) is 4.55. The van der Waals surface area contributed by atoms with Crippen LogP contribution in [0.5, 0.6) is 5.75 Å². The largest absolute Gasteiger partial charge is 0.496 e. The fourth-order valence-corrected chi connectivity index (χ4v) is 3.02. The molecule has 0 amide bonds. The first-order valence-corrected chi connectivity index (χ1v) is 7.04. The smallest absolute Gasteiger partial charge is 0.123 e. The average molecular weight is 266 g/mol. The Morgan fingerprint density at radius 2 is 2.11 bits per heavy atom. The highest BCUT2D eigenvalue weighted by Gasteiger charge is 2.22. The summed E-state index contributed by atoms with van der Waals surface area (Å²) in [6.07, 6.45) is 7.35. The van der Waals surface area contributed by atoms with Crippen molar-refractivity contribution < 1.29 is 9.13 Å². The molecule has 1 saturated carbocycles. The third-order valence-electron chi connectivity index (χ3n) is 4.06. The van der Waals surface area contributed by atoms with E-state index in [9.17, 15) is 4.39 Å². The molecular weight excluding hydrogens is 243 g/mol. The predicted octanol–water partition coefficient (Wildman–Crippen LogP) is 3.31. The van der Waals surface area contributed by atoms with Crippen molar-refractivity contribution >= 4 is 0 Å². The maximum absolute atomic E-state index is 13.4. The SMILES string of the molecule is COc1ccc(F)cc1C(CC1CCCCC1)NN. The molecule has 3 nitrogen and oxygen atoms in total. The summed E-state index contributed by atoms with van der Waals surface area (Å²) < 4.78 is 18.7. The molecule has 106 valence electrons. The van der Waals surface area contributed by atoms with E-state index in [1.54, 1.807) is 13.2 Å². The molecule has 0 aliphatic heterocycles. The fraction of sp³-hybridized carbons (Fsp3) is 0.600. The van der Waals surface area contributed by atoms with E-state index < -0.39 is 0 Å². The second-order valence-corrected chi connectivity index (χ2v) is 5.35. The molecule has 1 atom stereocenters. The van der Waals surface area contributed by atoms with Crippen LogP contribution < -0.4 is 16.0 Å². The lowest BCUT2D eigenvalue weighted by atomic mass is 9.83. The Balaban J connectivity index is 2.13. The van der Waals surface area contributed by atoms with Crippen LogP contribution in [0.4, 0.5) is 4.39 Å². The lowest BCUT2D eigenvalue weighted by molar-refractivity contribution is 0.296. The zero-order valence-corrected chi connectivity index (χ0v) is 11.5. The quantitative estimate of drug-likeness (QED) is 0.635. The highest BCUT2D eigenvalue weighted by Crippen LogP contribution is 2.34. The van der Waals surface area contributed by atoms with Gasteiger partial charge in [-0.05, 0) is 30.5 Å². The Morgan fingerprint density at radius 1 is 1.37 bits per heavy atom. The second-order valence-electron chi connectivity index (χ2n) is 5.35. The normalized spacial score (nSPS) is 18.3. The lowest BCUT2D eigenvalue weighted by Gasteiger charge is -2.27. The monoisotopic (exact) mass is 266 g/mol. The van der Waals surface area contributed by atoms with Crippen molar-refractivity contribution in [2.24, 2.45) is 11.8 Å². The van der Waals surface area contributed by atoms with Gasteiger partial charge in [0.05, 0.1) is 7.11 Å². The molecule has 4 heteroatoms. The zero-order chi connectivity index (χ0) is 13.7. The molecule has 1 aliphatic rings. The van der Waals surface area contributed by atoms with Gasteiger partial charge in [0, 0.05) is 11.6 Å². The summed E-state index contributed by atoms with van der Waals surface area (Å²) in [5.74, 6) is 6.78. The van der Waals surface area contributed by atoms with Crippen molar-refractivity contribution in [2.75, 3.05) is 7.11 Å². The first-order valence-electron chi connectivity index (χ1n) is 7.04. The zero-order valence-electron chi connectivity index (χ0n) is 11.5. The van der Waals surface area contributed by atoms with E-state index in [0.29, 0.717) is 11.7 Å². The van der Waals surface area contributed by atoms with Gasteiger partial charge >= 0.3 is 0 Å². The number of hydrogen-bond acceptors (Lipinski definition) is 3. The molecule has 1 aromatic carbocycles. The van der Waals surface area contributed by atoms with Crippen molar-refractivity contribution in [1.82, 2.24) is 5.43 Å². The van der Waals surface area contributed by atoms with Gasteiger partial charge in [-0.3, -0.25) is 11.3 Å². The van der Waals surface area contributed by atoms with E-state index in [-0.39, 0.29) is 11.9 Å². The maximum Gasteiger partial charge on any atom is 0.123 e. The first kappa shape index (κ1) is 14.3. The Labute approximate surface area is 114 Å². The van der Waals surface area contributed by atoms with E-state index in [1.165, 1.54) is 44.2 Å². The highest BCUT2D eigenvalue weighted by atomic mass is 19.1. The molecule has 0 saturated heterocycles. The molecule has 0 aromatic heterocycles. The predicted molar refractivity (Wildman–Crippen MR) is 74.2 cm³/mol. The summed E-state index contributed by atoms with van der Waals surface area (Å²) in [5.41, 5.74) is 3.64. The van der Waals surface area contributed by atoms with Gasteiger partial charge in [-0.2, -0.15) is 0 Å². The summed E-state index contributed by atoms with van der Waals surface area (Å²) in [6.45, 7) is 0. The number of halogens is 1. The van der Waals surface area contributed by atoms with Crippen LogP contribution in [0.25, 0.3) is 0 Å². The Kier molecular flexibility index (Phi) is 5.16. The molecule has 0 heterocycles. The number of hydrazine groups is 1. The Morgan fingerprint density at radius 3 is 2.74 bits per heavy atom. The highest BCUT2D eigenvalue weighted by molar-refractivity contribution is 5.36. The van der Waals surface area contributed by atoms with Crippen LogP contribution in [0, 0.1) is 11.7 Å². The number of nitrogens with one attached hydrogen (secondary N) is 1. The number of rotatable bonds is 5. The minimum Gasteiger partial charge on any atom is -0.496 e. The number of nitrogens with two attached hydrogens (primary N) is 1. The summed E-state index contributed by atoms with van der Waals surface area (Å²) in [7, 11) is 1.60. The van der Waals surface area contributed by atoms with Gasteiger partial charge in [0.2, 0.25) is 0 Å². The third-order valence-corrected chi connectivity index (χ3v) is 4.06. The lowest BCUT2D eigenvalue weighted by Crippen LogP contribution is -2.30. The van der Waals surface area contributed by atoms with E-state index in [4.69, 9.17) is 10.6 Å². The number of hydrogen-bond donors (Lipinski definition) is 2. The maximum atomic E-state index is 13.4. The van der Waals surface area contributed by atoms with E-state index >= 15 is 0 Å². The molecule has 1 aliphatic carbocycles. The average Bonchev–Trinajstić information content (AvgIpc) is 2.46. The second kappa shape index (κ2) is 6.87. The fourth-order valence-electron chi connectivity index (χ4n) is 3.02. The number of methoxy groups -OCH3 is 1. The van der Waals surface area contributed by atoms with Crippen LogP contribution in [0.15, 0.2) is 18.2 Å². The van der Waals surface area contributed by atoms with Crippen LogP contribution in [0.1, 0.15) is 50.1 Å². The van der Waals surface area contributed by atoms with Gasteiger partial charge in [0.15, 0.2) is 0 Å². The summed E-state index contributed by atoms with van der Waals surface area (Å²) in [5, 5.41) is 0. The van der Waals surface area contributed by atoms with Crippen LogP contribution in [-0.2, 0) is 0 Å². The van der Waals surface area contributed by atoms with Crippen molar-refractivity contribution in [1.29, 1.82) is 0 Å². The summed E-state index contributed by atoms with van der Waals surface area (Å²) in [4.78, 5) is 0. The van der Waals surface area contributed by atoms with E-state index in [1.807, 2.05) is 0 Å². The van der Waals surface area contributed by atoms with Crippen LogP contribution in [0.2, 0.25) is 0 Å². The number of ether oxygens (including phenoxy) is 1. The van der Waals surface area contributed by atoms with Crippen molar-refractivity contribution in [3.63, 3.8) is 0 Å². The molecule has 1 aromatic rings. The van der Waals surface area contributed by atoms with Crippen LogP contribution in [-0.4, -0.2) is 7.11 Å². The Bertz CT molecular complexity index is 405. The van der Waals surface area contributed by atoms with Crippen molar-refractivity contribution in [2.45, 2.75) is 44.6 Å². The third kappa shape index (κ3) is 3.67. The van der Waals surface area contributed by atoms with Gasteiger partial charge in [-0.25, -0.2) is 4.39 Å². The standard InChI is InChI=1S/C15H23FN2O/c1-19-15-8-7-12(16)10-13(15)14(18-17)9-11-5-3-2-4-6-11/h7-8,10-11,14,18H,2-6,9,17H2,1H3. The minimum absolute atomic E-state index is 0.0475. The molecular formula is C15H23FN2O. The van der Waals surface area contributed by atoms with Gasteiger partial charge in [-0.15, -0.1) is 0 Å². The van der Waals surface area contributed by atoms with E-state index in [0.717, 1.165) is 12.0 Å². The molecule has 1 unspecified atom stereocenters. The first-order chi connectivity index (χ1) is 9.24. The van der Waals surface area contributed by atoms with Crippen molar-refractivity contribution in [3.8, 4) is 5.75 Å². The minimum atomic E-state index is -0.250. The molecule has 3 N–H and O–H groups in total. The summed E-state index contributed by atoms with van der Waals surface area (Å²) >= 11 is 0. The molecule has 0 radical (unpaired) electrons. The van der Waals surface area contributed by atoms with E-state index in [2.05, 4.69) is 5.43 Å². The van der Waals surface area contributed by atoms with Crippen molar-refractivity contribution in [3.05, 3.63) is 29.6 Å². The van der Waals surface area contributed by atoms with Crippen LogP contribution >= 0.6 is 0 Å². The topological polar surface area (TPSA) is 47.3 Å². The molecule has 1 fully saturated rings. The molecule has 0 spiro atoms. The molecule has 2 rings (SSSR count). The number of benzene rings is 1. The molecule has 0 bridgehead atoms. The van der Waals surface area contributed by atoms with Gasteiger partial charge < -0.3 is 4.74 Å². The van der Waals surface area contributed by atoms with Gasteiger partial charge in [-0.1, -0.05) is 32.1 Å². The van der Waals surface area contributed by atoms with Gasteiger partial charge in [0.1, 0.15) is 11.6 Å². The van der Waals surface area contributed by atoms with Gasteiger partial charge in [0.25, 0.3) is 0 Å². The Hall–Kier alpha value is -1.13.